The van der Waals surface area contributed by atoms with Crippen LogP contribution in [0, 0.1) is 0 Å². The Kier molecular flexibility index (Phi) is 4.33. The summed E-state index contributed by atoms with van der Waals surface area (Å²) in [5.74, 6) is 0.693. The molecule has 1 aliphatic heterocycles. The molecule has 1 aromatic carbocycles. The van der Waals surface area contributed by atoms with Gasteiger partial charge in [-0.15, -0.1) is 0 Å². The largest absolute Gasteiger partial charge is 0.496 e. The molecule has 0 bridgehead atoms. The number of nitrogens with zero attached hydrogens (tertiary/aromatic N) is 1. The van der Waals surface area contributed by atoms with E-state index >= 15 is 0 Å². The average molecular weight is 249 g/mol. The molecule has 0 unspecified atom stereocenters. The van der Waals surface area contributed by atoms with Crippen LogP contribution >= 0.6 is 0 Å². The maximum absolute atomic E-state index is 11.4. The minimum atomic E-state index is 0.0322. The first kappa shape index (κ1) is 13.1. The monoisotopic (exact) mass is 249 g/mol. The number of hydrogen-bond donors (Lipinski definition) is 0. The van der Waals surface area contributed by atoms with E-state index in [2.05, 4.69) is 4.90 Å². The fourth-order valence-electron chi connectivity index (χ4n) is 2.14. The van der Waals surface area contributed by atoms with E-state index in [4.69, 9.17) is 9.47 Å². The van der Waals surface area contributed by atoms with E-state index in [1.807, 2.05) is 18.2 Å². The lowest BCUT2D eigenvalue weighted by Gasteiger charge is -2.26. The highest BCUT2D eigenvalue weighted by Crippen LogP contribution is 2.21. The van der Waals surface area contributed by atoms with Crippen molar-refractivity contribution in [2.45, 2.75) is 13.5 Å². The number of Topliss-reactive ketones (excluding diaryl/α,β-unsaturated/α-hetero) is 1. The van der Waals surface area contributed by atoms with Gasteiger partial charge >= 0.3 is 0 Å². The number of ether oxygens (including phenoxy) is 2. The molecule has 1 aliphatic rings. The highest BCUT2D eigenvalue weighted by atomic mass is 16.5. The lowest BCUT2D eigenvalue weighted by molar-refractivity contribution is 0.0341. The van der Waals surface area contributed by atoms with Gasteiger partial charge in [-0.1, -0.05) is 6.07 Å². The Morgan fingerprint density at radius 3 is 2.72 bits per heavy atom. The molecule has 1 saturated heterocycles. The molecule has 0 amide bonds. The Morgan fingerprint density at radius 2 is 2.11 bits per heavy atom. The van der Waals surface area contributed by atoms with E-state index < -0.39 is 0 Å². The Morgan fingerprint density at radius 1 is 1.39 bits per heavy atom. The summed E-state index contributed by atoms with van der Waals surface area (Å²) in [6.07, 6.45) is 0. The Labute approximate surface area is 107 Å². The number of benzene rings is 1. The molecular weight excluding hydrogens is 230 g/mol. The number of ketones is 1. The van der Waals surface area contributed by atoms with Crippen molar-refractivity contribution in [3.8, 4) is 5.75 Å². The quantitative estimate of drug-likeness (QED) is 0.762. The van der Waals surface area contributed by atoms with E-state index in [1.54, 1.807) is 14.0 Å². The molecule has 0 radical (unpaired) electrons. The Balaban J connectivity index is 2.11. The summed E-state index contributed by atoms with van der Waals surface area (Å²) in [5.41, 5.74) is 1.81. The van der Waals surface area contributed by atoms with Crippen LogP contribution in [-0.2, 0) is 11.3 Å². The van der Waals surface area contributed by atoms with Crippen molar-refractivity contribution in [2.24, 2.45) is 0 Å². The SMILES string of the molecule is COc1cc(CN2CCOCC2)ccc1C(C)=O. The van der Waals surface area contributed by atoms with Crippen LogP contribution < -0.4 is 4.74 Å². The van der Waals surface area contributed by atoms with Gasteiger partial charge in [0.25, 0.3) is 0 Å². The van der Waals surface area contributed by atoms with Gasteiger partial charge in [-0.25, -0.2) is 0 Å². The van der Waals surface area contributed by atoms with Crippen LogP contribution in [0.5, 0.6) is 5.75 Å². The molecule has 4 nitrogen and oxygen atoms in total. The molecule has 0 N–H and O–H groups in total. The lowest BCUT2D eigenvalue weighted by Crippen LogP contribution is -2.35. The Hall–Kier alpha value is -1.39. The predicted molar refractivity (Wildman–Crippen MR) is 69.1 cm³/mol. The standard InChI is InChI=1S/C14H19NO3/c1-11(16)13-4-3-12(9-14(13)17-2)10-15-5-7-18-8-6-15/h3-4,9H,5-8,10H2,1-2H3. The first-order valence-electron chi connectivity index (χ1n) is 6.18. The van der Waals surface area contributed by atoms with E-state index in [1.165, 1.54) is 5.56 Å². The summed E-state index contributed by atoms with van der Waals surface area (Å²) in [6, 6.07) is 5.79. The van der Waals surface area contributed by atoms with Crippen LogP contribution in [0.15, 0.2) is 18.2 Å². The normalized spacial score (nSPS) is 16.6. The van der Waals surface area contributed by atoms with E-state index in [0.717, 1.165) is 32.8 Å². The summed E-state index contributed by atoms with van der Waals surface area (Å²) in [4.78, 5) is 13.8. The molecule has 0 aromatic heterocycles. The topological polar surface area (TPSA) is 38.8 Å². The highest BCUT2D eigenvalue weighted by molar-refractivity contribution is 5.96. The fraction of sp³-hybridized carbons (Fsp3) is 0.500. The molecule has 98 valence electrons. The minimum absolute atomic E-state index is 0.0322. The smallest absolute Gasteiger partial charge is 0.163 e. The first-order chi connectivity index (χ1) is 8.70. The molecule has 4 heteroatoms. The molecule has 0 saturated carbocycles. The fourth-order valence-corrected chi connectivity index (χ4v) is 2.14. The maximum atomic E-state index is 11.4. The third-order valence-corrected chi connectivity index (χ3v) is 3.16. The summed E-state index contributed by atoms with van der Waals surface area (Å²) >= 11 is 0. The first-order valence-corrected chi connectivity index (χ1v) is 6.18. The van der Waals surface area contributed by atoms with E-state index in [0.29, 0.717) is 11.3 Å². The third kappa shape index (κ3) is 3.09. The average Bonchev–Trinajstić information content (AvgIpc) is 2.39. The second-order valence-electron chi connectivity index (χ2n) is 4.48. The second kappa shape index (κ2) is 5.98. The molecule has 0 atom stereocenters. The van der Waals surface area contributed by atoms with Gasteiger partial charge in [0.15, 0.2) is 5.78 Å². The molecular formula is C14H19NO3. The van der Waals surface area contributed by atoms with Crippen LogP contribution in [0.3, 0.4) is 0 Å². The summed E-state index contributed by atoms with van der Waals surface area (Å²) < 4.78 is 10.6. The zero-order chi connectivity index (χ0) is 13.0. The molecule has 2 rings (SSSR count). The molecule has 0 aliphatic carbocycles. The van der Waals surface area contributed by atoms with Gasteiger partial charge in [0.1, 0.15) is 5.75 Å². The number of carbonyl (C=O) groups is 1. The van der Waals surface area contributed by atoms with Crippen molar-refractivity contribution in [2.75, 3.05) is 33.4 Å². The Bertz CT molecular complexity index is 425. The number of morpholine rings is 1. The molecule has 1 aromatic rings. The third-order valence-electron chi connectivity index (χ3n) is 3.16. The van der Waals surface area contributed by atoms with Gasteiger partial charge in [-0.3, -0.25) is 9.69 Å². The summed E-state index contributed by atoms with van der Waals surface area (Å²) in [7, 11) is 1.60. The van der Waals surface area contributed by atoms with Gasteiger partial charge < -0.3 is 9.47 Å². The highest BCUT2D eigenvalue weighted by Gasteiger charge is 2.13. The van der Waals surface area contributed by atoms with Gasteiger partial charge in [-0.05, 0) is 24.6 Å². The molecule has 18 heavy (non-hydrogen) atoms. The van der Waals surface area contributed by atoms with Crippen LogP contribution in [0.2, 0.25) is 0 Å². The van der Waals surface area contributed by atoms with Crippen molar-refractivity contribution in [3.63, 3.8) is 0 Å². The summed E-state index contributed by atoms with van der Waals surface area (Å²) in [5, 5.41) is 0. The number of rotatable bonds is 4. The molecule has 0 spiro atoms. The lowest BCUT2D eigenvalue weighted by atomic mass is 10.1. The van der Waals surface area contributed by atoms with Crippen LogP contribution in [0.4, 0.5) is 0 Å². The van der Waals surface area contributed by atoms with Crippen LogP contribution in [-0.4, -0.2) is 44.1 Å². The number of carbonyl (C=O) groups excluding carboxylic acids is 1. The van der Waals surface area contributed by atoms with E-state index in [-0.39, 0.29) is 5.78 Å². The molecule has 1 heterocycles. The van der Waals surface area contributed by atoms with Crippen molar-refractivity contribution in [3.05, 3.63) is 29.3 Å². The predicted octanol–water partition coefficient (Wildman–Crippen LogP) is 1.73. The summed E-state index contributed by atoms with van der Waals surface area (Å²) in [6.45, 7) is 5.93. The number of hydrogen-bond acceptors (Lipinski definition) is 4. The van der Waals surface area contributed by atoms with E-state index in [9.17, 15) is 4.79 Å². The zero-order valence-electron chi connectivity index (χ0n) is 10.9. The number of methoxy groups -OCH3 is 1. The van der Waals surface area contributed by atoms with Crippen molar-refractivity contribution in [1.82, 2.24) is 4.90 Å². The van der Waals surface area contributed by atoms with Gasteiger partial charge in [-0.2, -0.15) is 0 Å². The van der Waals surface area contributed by atoms with Gasteiger partial charge in [0.05, 0.1) is 25.9 Å². The van der Waals surface area contributed by atoms with Crippen molar-refractivity contribution < 1.29 is 14.3 Å². The maximum Gasteiger partial charge on any atom is 0.163 e. The van der Waals surface area contributed by atoms with Crippen molar-refractivity contribution in [1.29, 1.82) is 0 Å². The zero-order valence-corrected chi connectivity index (χ0v) is 10.9. The second-order valence-corrected chi connectivity index (χ2v) is 4.48. The van der Waals surface area contributed by atoms with Crippen LogP contribution in [0.1, 0.15) is 22.8 Å². The van der Waals surface area contributed by atoms with Crippen LogP contribution in [0.25, 0.3) is 0 Å². The van der Waals surface area contributed by atoms with Gasteiger partial charge in [0.2, 0.25) is 0 Å². The van der Waals surface area contributed by atoms with Crippen molar-refractivity contribution >= 4 is 5.78 Å². The van der Waals surface area contributed by atoms with Gasteiger partial charge in [0, 0.05) is 19.6 Å². The molecule has 1 fully saturated rings. The minimum Gasteiger partial charge on any atom is -0.496 e.